The van der Waals surface area contributed by atoms with Gasteiger partial charge in [-0.25, -0.2) is 9.37 Å². The number of carbonyl (C=O) groups is 1. The number of aryl methyl sites for hydroxylation is 1. The molecule has 28 heavy (non-hydrogen) atoms. The Kier molecular flexibility index (Phi) is 6.04. The lowest BCUT2D eigenvalue weighted by atomic mass is 10.1. The Hall–Kier alpha value is -2.80. The third-order valence-electron chi connectivity index (χ3n) is 4.35. The average Bonchev–Trinajstić information content (AvgIpc) is 2.67. The number of aromatic nitrogens is 2. The number of carbonyl (C=O) groups excluding carboxylic acids is 1. The molecule has 1 heterocycles. The number of halogens is 2. The highest BCUT2D eigenvalue weighted by Gasteiger charge is 2.17. The van der Waals surface area contributed by atoms with Crippen molar-refractivity contribution in [1.82, 2.24) is 9.55 Å². The van der Waals surface area contributed by atoms with E-state index in [4.69, 9.17) is 0 Å². The maximum Gasteiger partial charge on any atom is 0.257 e. The largest absolute Gasteiger partial charge is 0.325 e. The molecule has 0 aliphatic rings. The molecule has 144 valence electrons. The van der Waals surface area contributed by atoms with Gasteiger partial charge in [-0.1, -0.05) is 22.9 Å². The van der Waals surface area contributed by atoms with E-state index in [9.17, 15) is 14.0 Å². The third-order valence-corrected chi connectivity index (χ3v) is 4.88. The molecule has 0 aliphatic heterocycles. The van der Waals surface area contributed by atoms with E-state index < -0.39 is 0 Å². The van der Waals surface area contributed by atoms with Gasteiger partial charge in [0.1, 0.15) is 18.2 Å². The zero-order valence-electron chi connectivity index (χ0n) is 15.5. The summed E-state index contributed by atoms with van der Waals surface area (Å²) in [5.41, 5.74) is 2.10. The van der Waals surface area contributed by atoms with Gasteiger partial charge in [0.2, 0.25) is 5.91 Å². The van der Waals surface area contributed by atoms with E-state index in [0.29, 0.717) is 34.8 Å². The van der Waals surface area contributed by atoms with E-state index in [1.807, 2.05) is 19.1 Å². The highest BCUT2D eigenvalue weighted by molar-refractivity contribution is 9.10. The van der Waals surface area contributed by atoms with Crippen LogP contribution in [0.15, 0.2) is 57.8 Å². The van der Waals surface area contributed by atoms with E-state index in [2.05, 4.69) is 26.2 Å². The minimum absolute atomic E-state index is 0.193. The Balaban J connectivity index is 2.00. The van der Waals surface area contributed by atoms with Crippen LogP contribution in [-0.2, 0) is 17.8 Å². The predicted octanol–water partition coefficient (Wildman–Crippen LogP) is 4.32. The molecular weight excluding hydrogens is 425 g/mol. The average molecular weight is 444 g/mol. The normalized spacial score (nSPS) is 10.7. The molecule has 0 radical (unpaired) electrons. The quantitative estimate of drug-likeness (QED) is 0.638. The van der Waals surface area contributed by atoms with Crippen LogP contribution in [0.2, 0.25) is 0 Å². The molecule has 0 aliphatic carbocycles. The van der Waals surface area contributed by atoms with Crippen LogP contribution in [0.1, 0.15) is 18.2 Å². The predicted molar refractivity (Wildman–Crippen MR) is 111 cm³/mol. The minimum Gasteiger partial charge on any atom is -0.325 e. The summed E-state index contributed by atoms with van der Waals surface area (Å²) in [4.78, 5) is 30.1. The first-order chi connectivity index (χ1) is 13.4. The Labute approximate surface area is 170 Å². The van der Waals surface area contributed by atoms with Gasteiger partial charge in [-0.05, 0) is 61.9 Å². The Morgan fingerprint density at radius 2 is 1.79 bits per heavy atom. The minimum atomic E-state index is -0.382. The Morgan fingerprint density at radius 3 is 2.39 bits per heavy atom. The van der Waals surface area contributed by atoms with Crippen LogP contribution >= 0.6 is 15.9 Å². The molecule has 2 aromatic carbocycles. The van der Waals surface area contributed by atoms with Crippen molar-refractivity contribution in [2.24, 2.45) is 0 Å². The van der Waals surface area contributed by atoms with E-state index in [-0.39, 0.29) is 23.8 Å². The fourth-order valence-electron chi connectivity index (χ4n) is 2.95. The number of rotatable bonds is 5. The van der Waals surface area contributed by atoms with Crippen molar-refractivity contribution in [2.75, 3.05) is 5.32 Å². The molecule has 5 nitrogen and oxygen atoms in total. The van der Waals surface area contributed by atoms with Gasteiger partial charge in [0.05, 0.1) is 0 Å². The summed E-state index contributed by atoms with van der Waals surface area (Å²) in [5, 5.41) is 2.78. The van der Waals surface area contributed by atoms with Crippen LogP contribution in [0.3, 0.4) is 0 Å². The van der Waals surface area contributed by atoms with Crippen molar-refractivity contribution in [3.8, 4) is 11.4 Å². The first kappa shape index (κ1) is 19.9. The topological polar surface area (TPSA) is 64.0 Å². The summed E-state index contributed by atoms with van der Waals surface area (Å²) >= 11 is 3.34. The summed E-state index contributed by atoms with van der Waals surface area (Å²) in [6.07, 6.45) is 0.510. The van der Waals surface area contributed by atoms with Crippen molar-refractivity contribution in [2.45, 2.75) is 26.8 Å². The number of amides is 1. The second-order valence-electron chi connectivity index (χ2n) is 6.31. The lowest BCUT2D eigenvalue weighted by Crippen LogP contribution is -2.32. The Morgan fingerprint density at radius 1 is 1.14 bits per heavy atom. The van der Waals surface area contributed by atoms with Crippen molar-refractivity contribution >= 4 is 27.5 Å². The van der Waals surface area contributed by atoms with Crippen LogP contribution in [0.25, 0.3) is 11.4 Å². The van der Waals surface area contributed by atoms with Crippen LogP contribution in [-0.4, -0.2) is 15.5 Å². The third kappa shape index (κ3) is 4.36. The summed E-state index contributed by atoms with van der Waals surface area (Å²) in [5.74, 6) is -0.390. The highest BCUT2D eigenvalue weighted by atomic mass is 79.9. The molecule has 3 rings (SSSR count). The standard InChI is InChI=1S/C21H19BrFN3O2/c1-3-18-13(2)24-20(14-4-8-16(23)9-5-14)26(21(18)28)12-19(27)25-17-10-6-15(22)7-11-17/h4-11H,3,12H2,1-2H3,(H,25,27). The molecule has 1 aromatic heterocycles. The molecule has 1 N–H and O–H groups in total. The molecule has 0 fully saturated rings. The van der Waals surface area contributed by atoms with Crippen molar-refractivity contribution in [3.63, 3.8) is 0 Å². The van der Waals surface area contributed by atoms with E-state index in [0.717, 1.165) is 4.47 Å². The number of hydrogen-bond acceptors (Lipinski definition) is 3. The molecule has 0 spiro atoms. The fraction of sp³-hybridized carbons (Fsp3) is 0.190. The first-order valence-corrected chi connectivity index (χ1v) is 9.60. The summed E-state index contributed by atoms with van der Waals surface area (Å²) < 4.78 is 15.5. The number of nitrogens with zero attached hydrogens (tertiary/aromatic N) is 2. The molecule has 3 aromatic rings. The molecule has 0 saturated heterocycles. The van der Waals surface area contributed by atoms with Crippen molar-refractivity contribution < 1.29 is 9.18 Å². The van der Waals surface area contributed by atoms with E-state index >= 15 is 0 Å². The van der Waals surface area contributed by atoms with Crippen LogP contribution in [0.5, 0.6) is 0 Å². The second kappa shape index (κ2) is 8.48. The summed E-state index contributed by atoms with van der Waals surface area (Å²) in [7, 11) is 0. The maximum absolute atomic E-state index is 13.3. The van der Waals surface area contributed by atoms with Gasteiger partial charge < -0.3 is 5.32 Å². The van der Waals surface area contributed by atoms with Crippen molar-refractivity contribution in [3.05, 3.63) is 80.4 Å². The maximum atomic E-state index is 13.3. The van der Waals surface area contributed by atoms with E-state index in [1.54, 1.807) is 31.2 Å². The molecule has 0 saturated carbocycles. The number of benzene rings is 2. The smallest absolute Gasteiger partial charge is 0.257 e. The van der Waals surface area contributed by atoms with Gasteiger partial charge in [0.15, 0.2) is 0 Å². The number of hydrogen-bond donors (Lipinski definition) is 1. The SMILES string of the molecule is CCc1c(C)nc(-c2ccc(F)cc2)n(CC(=O)Nc2ccc(Br)cc2)c1=O. The van der Waals surface area contributed by atoms with Crippen LogP contribution < -0.4 is 10.9 Å². The van der Waals surface area contributed by atoms with Gasteiger partial charge in [-0.2, -0.15) is 0 Å². The van der Waals surface area contributed by atoms with Gasteiger partial charge >= 0.3 is 0 Å². The second-order valence-corrected chi connectivity index (χ2v) is 7.22. The van der Waals surface area contributed by atoms with Crippen molar-refractivity contribution in [1.29, 1.82) is 0 Å². The molecule has 0 unspecified atom stereocenters. The monoisotopic (exact) mass is 443 g/mol. The summed E-state index contributed by atoms with van der Waals surface area (Å²) in [6.45, 7) is 3.44. The fourth-order valence-corrected chi connectivity index (χ4v) is 3.22. The van der Waals surface area contributed by atoms with Crippen LogP contribution in [0, 0.1) is 12.7 Å². The lowest BCUT2D eigenvalue weighted by Gasteiger charge is -2.15. The van der Waals surface area contributed by atoms with Gasteiger partial charge in [-0.15, -0.1) is 0 Å². The summed E-state index contributed by atoms with van der Waals surface area (Å²) in [6, 6.07) is 12.8. The zero-order valence-corrected chi connectivity index (χ0v) is 17.1. The van der Waals surface area contributed by atoms with Crippen LogP contribution in [0.4, 0.5) is 10.1 Å². The zero-order chi connectivity index (χ0) is 20.3. The first-order valence-electron chi connectivity index (χ1n) is 8.80. The Bertz CT molecular complexity index is 1060. The lowest BCUT2D eigenvalue weighted by molar-refractivity contribution is -0.116. The molecule has 0 bridgehead atoms. The van der Waals surface area contributed by atoms with Gasteiger partial charge in [0.25, 0.3) is 5.56 Å². The number of nitrogens with one attached hydrogen (secondary N) is 1. The molecule has 1 amide bonds. The number of anilines is 1. The van der Waals surface area contributed by atoms with Gasteiger partial charge in [-0.3, -0.25) is 14.2 Å². The molecule has 7 heteroatoms. The molecular formula is C21H19BrFN3O2. The van der Waals surface area contributed by atoms with E-state index in [1.165, 1.54) is 16.7 Å². The molecule has 0 atom stereocenters. The highest BCUT2D eigenvalue weighted by Crippen LogP contribution is 2.19. The van der Waals surface area contributed by atoms with Gasteiger partial charge in [0, 0.05) is 27.0 Å².